The van der Waals surface area contributed by atoms with Crippen molar-refractivity contribution in [1.29, 1.82) is 0 Å². The first-order chi connectivity index (χ1) is 10.8. The topological polar surface area (TPSA) is 70.5 Å². The number of piperidine rings is 1. The van der Waals surface area contributed by atoms with Crippen LogP contribution in [0.25, 0.3) is 0 Å². The van der Waals surface area contributed by atoms with Gasteiger partial charge in [-0.25, -0.2) is 4.72 Å². The molecule has 1 saturated heterocycles. The minimum Gasteiger partial charge on any atom is -0.296 e. The van der Waals surface area contributed by atoms with E-state index in [-0.39, 0.29) is 0 Å². The maximum atomic E-state index is 11.8. The maximum absolute atomic E-state index is 11.8. The van der Waals surface area contributed by atoms with Gasteiger partial charge in [0.2, 0.25) is 0 Å². The van der Waals surface area contributed by atoms with E-state index in [4.69, 9.17) is 0 Å². The molecule has 7 nitrogen and oxygen atoms in total. The second-order valence-electron chi connectivity index (χ2n) is 6.47. The van der Waals surface area contributed by atoms with Crippen molar-refractivity contribution in [1.82, 2.24) is 23.7 Å². The van der Waals surface area contributed by atoms with Crippen LogP contribution in [0.3, 0.4) is 0 Å². The molecule has 0 aromatic carbocycles. The molecule has 0 saturated carbocycles. The van der Waals surface area contributed by atoms with E-state index >= 15 is 0 Å². The highest BCUT2D eigenvalue weighted by Gasteiger charge is 2.24. The molecule has 2 heterocycles. The first kappa shape index (κ1) is 18.4. The van der Waals surface area contributed by atoms with Crippen LogP contribution in [0.15, 0.2) is 6.20 Å². The molecule has 1 aromatic heterocycles. The predicted octanol–water partition coefficient (Wildman–Crippen LogP) is 0.869. The lowest BCUT2D eigenvalue weighted by Crippen LogP contribution is -2.42. The van der Waals surface area contributed by atoms with Crippen molar-refractivity contribution in [2.24, 2.45) is 7.05 Å². The maximum Gasteiger partial charge on any atom is 0.278 e. The lowest BCUT2D eigenvalue weighted by Gasteiger charge is -2.35. The van der Waals surface area contributed by atoms with E-state index < -0.39 is 10.2 Å². The first-order valence-corrected chi connectivity index (χ1v) is 9.64. The van der Waals surface area contributed by atoms with Crippen LogP contribution in [0.4, 0.5) is 0 Å². The standard InChI is InChI=1S/C15H29N5O2S/c1-13-14(11-16-19(13)4)12-20-10-6-5-7-15(20)8-9-17-23(21,22)18(2)3/h11,15,17H,5-10,12H2,1-4H3/t15-/m0/s1. The van der Waals surface area contributed by atoms with Crippen molar-refractivity contribution in [3.05, 3.63) is 17.5 Å². The molecule has 8 heteroatoms. The van der Waals surface area contributed by atoms with Crippen molar-refractivity contribution in [2.45, 2.75) is 45.2 Å². The van der Waals surface area contributed by atoms with E-state index in [9.17, 15) is 8.42 Å². The van der Waals surface area contributed by atoms with Gasteiger partial charge in [0.1, 0.15) is 0 Å². The van der Waals surface area contributed by atoms with Crippen LogP contribution in [0.1, 0.15) is 36.9 Å². The van der Waals surface area contributed by atoms with E-state index in [2.05, 4.69) is 21.6 Å². The summed E-state index contributed by atoms with van der Waals surface area (Å²) in [4.78, 5) is 2.47. The summed E-state index contributed by atoms with van der Waals surface area (Å²) < 4.78 is 29.3. The van der Waals surface area contributed by atoms with Crippen LogP contribution in [0.2, 0.25) is 0 Å². The molecular weight excluding hydrogens is 314 g/mol. The number of likely N-dealkylation sites (tertiary alicyclic amines) is 1. The SMILES string of the molecule is Cc1c(CN2CCCC[C@H]2CCNS(=O)(=O)N(C)C)cnn1C. The fourth-order valence-electron chi connectivity index (χ4n) is 3.00. The monoisotopic (exact) mass is 343 g/mol. The Morgan fingerprint density at radius 2 is 2.13 bits per heavy atom. The van der Waals surface area contributed by atoms with E-state index in [1.54, 1.807) is 14.1 Å². The van der Waals surface area contributed by atoms with E-state index in [0.717, 1.165) is 25.9 Å². The highest BCUT2D eigenvalue weighted by atomic mass is 32.2. The van der Waals surface area contributed by atoms with Crippen molar-refractivity contribution in [2.75, 3.05) is 27.2 Å². The fourth-order valence-corrected chi connectivity index (χ4v) is 3.63. The molecule has 1 atom stereocenters. The molecule has 0 spiro atoms. The van der Waals surface area contributed by atoms with Gasteiger partial charge in [0.05, 0.1) is 6.20 Å². The Labute approximate surface area is 139 Å². The molecule has 1 fully saturated rings. The average molecular weight is 343 g/mol. The van der Waals surface area contributed by atoms with Gasteiger partial charge in [0.25, 0.3) is 10.2 Å². The van der Waals surface area contributed by atoms with Crippen molar-refractivity contribution < 1.29 is 8.42 Å². The quantitative estimate of drug-likeness (QED) is 0.797. The Morgan fingerprint density at radius 1 is 1.39 bits per heavy atom. The van der Waals surface area contributed by atoms with Crippen LogP contribution >= 0.6 is 0 Å². The molecule has 0 bridgehead atoms. The highest BCUT2D eigenvalue weighted by Crippen LogP contribution is 2.22. The van der Waals surface area contributed by atoms with Gasteiger partial charge in [-0.2, -0.15) is 17.8 Å². The molecule has 0 aliphatic carbocycles. The Bertz CT molecular complexity index is 611. The summed E-state index contributed by atoms with van der Waals surface area (Å²) in [5, 5.41) is 4.31. The molecule has 1 aliphatic heterocycles. The zero-order valence-electron chi connectivity index (χ0n) is 14.6. The Balaban J connectivity index is 1.92. The van der Waals surface area contributed by atoms with E-state index in [1.165, 1.54) is 28.4 Å². The number of hydrogen-bond acceptors (Lipinski definition) is 4. The van der Waals surface area contributed by atoms with Crippen LogP contribution in [0, 0.1) is 6.92 Å². The van der Waals surface area contributed by atoms with Crippen molar-refractivity contribution >= 4 is 10.2 Å². The van der Waals surface area contributed by atoms with Crippen molar-refractivity contribution in [3.63, 3.8) is 0 Å². The molecule has 2 rings (SSSR count). The molecule has 0 amide bonds. The second kappa shape index (κ2) is 7.74. The van der Waals surface area contributed by atoms with Gasteiger partial charge in [-0.15, -0.1) is 0 Å². The zero-order valence-corrected chi connectivity index (χ0v) is 15.4. The average Bonchev–Trinajstić information content (AvgIpc) is 2.81. The van der Waals surface area contributed by atoms with Gasteiger partial charge in [0, 0.05) is 51.5 Å². The molecule has 1 aliphatic rings. The number of aryl methyl sites for hydroxylation is 1. The third kappa shape index (κ3) is 4.76. The van der Waals surface area contributed by atoms with E-state index in [0.29, 0.717) is 12.6 Å². The largest absolute Gasteiger partial charge is 0.296 e. The third-order valence-corrected chi connectivity index (χ3v) is 6.23. The molecule has 0 unspecified atom stereocenters. The number of nitrogens with zero attached hydrogens (tertiary/aromatic N) is 4. The molecule has 132 valence electrons. The number of hydrogen-bond donors (Lipinski definition) is 1. The van der Waals surface area contributed by atoms with Crippen molar-refractivity contribution in [3.8, 4) is 0 Å². The minimum atomic E-state index is -3.33. The van der Waals surface area contributed by atoms with Gasteiger partial charge >= 0.3 is 0 Å². The van der Waals surface area contributed by atoms with Gasteiger partial charge in [-0.05, 0) is 32.7 Å². The number of rotatable bonds is 7. The number of nitrogens with one attached hydrogen (secondary N) is 1. The summed E-state index contributed by atoms with van der Waals surface area (Å²) in [6.07, 6.45) is 6.33. The van der Waals surface area contributed by atoms with Crippen LogP contribution in [-0.2, 0) is 23.8 Å². The second-order valence-corrected chi connectivity index (χ2v) is 8.44. The van der Waals surface area contributed by atoms with Gasteiger partial charge in [-0.1, -0.05) is 6.42 Å². The molecule has 1 N–H and O–H groups in total. The molecule has 0 radical (unpaired) electrons. The van der Waals surface area contributed by atoms with Gasteiger partial charge in [0.15, 0.2) is 0 Å². The Morgan fingerprint density at radius 3 is 2.74 bits per heavy atom. The number of aromatic nitrogens is 2. The summed E-state index contributed by atoms with van der Waals surface area (Å²) >= 11 is 0. The lowest BCUT2D eigenvalue weighted by molar-refractivity contribution is 0.133. The lowest BCUT2D eigenvalue weighted by atomic mass is 9.98. The van der Waals surface area contributed by atoms with Gasteiger partial charge in [-0.3, -0.25) is 9.58 Å². The van der Waals surface area contributed by atoms with Crippen LogP contribution < -0.4 is 4.72 Å². The van der Waals surface area contributed by atoms with Crippen LogP contribution in [0.5, 0.6) is 0 Å². The summed E-state index contributed by atoms with van der Waals surface area (Å²) in [7, 11) is 1.72. The predicted molar refractivity (Wildman–Crippen MR) is 91.2 cm³/mol. The smallest absolute Gasteiger partial charge is 0.278 e. The van der Waals surface area contributed by atoms with Crippen LogP contribution in [-0.4, -0.2) is 60.6 Å². The molecule has 23 heavy (non-hydrogen) atoms. The normalized spacial score (nSPS) is 20.3. The Hall–Kier alpha value is -0.960. The summed E-state index contributed by atoms with van der Waals surface area (Å²) in [6.45, 7) is 4.53. The minimum absolute atomic E-state index is 0.424. The summed E-state index contributed by atoms with van der Waals surface area (Å²) in [5.74, 6) is 0. The molecular formula is C15H29N5O2S. The van der Waals surface area contributed by atoms with Gasteiger partial charge < -0.3 is 0 Å². The first-order valence-electron chi connectivity index (χ1n) is 8.20. The summed E-state index contributed by atoms with van der Waals surface area (Å²) in [6, 6.07) is 0.424. The fraction of sp³-hybridized carbons (Fsp3) is 0.800. The highest BCUT2D eigenvalue weighted by molar-refractivity contribution is 7.87. The van der Waals surface area contributed by atoms with E-state index in [1.807, 2.05) is 17.9 Å². The Kier molecular flexibility index (Phi) is 6.19. The molecule has 1 aromatic rings. The third-order valence-electron chi connectivity index (χ3n) is 4.70. The zero-order chi connectivity index (χ0) is 17.0. The summed E-state index contributed by atoms with van der Waals surface area (Å²) in [5.41, 5.74) is 2.45.